The zero-order valence-electron chi connectivity index (χ0n) is 16.8. The summed E-state index contributed by atoms with van der Waals surface area (Å²) in [4.78, 5) is 30.6. The Morgan fingerprint density at radius 1 is 0.867 bits per heavy atom. The third kappa shape index (κ3) is 3.43. The van der Waals surface area contributed by atoms with Crippen LogP contribution in [0.15, 0.2) is 60.2 Å². The van der Waals surface area contributed by atoms with Gasteiger partial charge in [0, 0.05) is 54.4 Å². The summed E-state index contributed by atoms with van der Waals surface area (Å²) in [5.41, 5.74) is 1.56. The molecule has 0 fully saturated rings. The van der Waals surface area contributed by atoms with Gasteiger partial charge in [-0.2, -0.15) is 4.37 Å². The minimum atomic E-state index is -0.0430. The summed E-state index contributed by atoms with van der Waals surface area (Å²) in [6, 6.07) is 8.24. The molecule has 2 aromatic rings. The Morgan fingerprint density at radius 2 is 1.53 bits per heavy atom. The van der Waals surface area contributed by atoms with Gasteiger partial charge in [-0.3, -0.25) is 14.5 Å². The molecular formula is C23H24N4O2S. The predicted molar refractivity (Wildman–Crippen MR) is 119 cm³/mol. The molecule has 2 amide bonds. The van der Waals surface area contributed by atoms with Crippen molar-refractivity contribution in [3.63, 3.8) is 0 Å². The summed E-state index contributed by atoms with van der Waals surface area (Å²) < 4.78 is 5.76. The highest BCUT2D eigenvalue weighted by Gasteiger charge is 2.38. The van der Waals surface area contributed by atoms with E-state index in [0.717, 1.165) is 67.4 Å². The lowest BCUT2D eigenvalue weighted by molar-refractivity contribution is -0.137. The number of carbonyl (C=O) groups excluding carboxylic acids is 2. The number of aromatic nitrogens is 1. The van der Waals surface area contributed by atoms with Crippen LogP contribution < -0.4 is 4.90 Å². The molecule has 30 heavy (non-hydrogen) atoms. The number of carbonyl (C=O) groups is 2. The summed E-state index contributed by atoms with van der Waals surface area (Å²) in [5.74, 6) is 0.863. The monoisotopic (exact) mass is 420 g/mol. The number of fused-ring (bicyclic) bond motifs is 1. The quantitative estimate of drug-likeness (QED) is 0.513. The summed E-state index contributed by atoms with van der Waals surface area (Å²) >= 11 is 1.51. The number of unbranched alkanes of at least 4 members (excludes halogenated alkanes) is 1. The molecule has 7 heteroatoms. The molecule has 3 heterocycles. The Balaban J connectivity index is 1.11. The number of nitrogens with zero attached hydrogens (tertiary/aromatic N) is 4. The van der Waals surface area contributed by atoms with E-state index in [-0.39, 0.29) is 11.8 Å². The molecule has 0 spiro atoms. The Kier molecular flexibility index (Phi) is 5.12. The van der Waals surface area contributed by atoms with Crippen molar-refractivity contribution in [1.82, 2.24) is 14.2 Å². The van der Waals surface area contributed by atoms with E-state index in [0.29, 0.717) is 6.54 Å². The smallest absolute Gasteiger partial charge is 0.257 e. The van der Waals surface area contributed by atoms with Crippen molar-refractivity contribution >= 4 is 39.3 Å². The molecule has 0 N–H and O–H groups in total. The topological polar surface area (TPSA) is 56.8 Å². The van der Waals surface area contributed by atoms with Crippen LogP contribution in [0.5, 0.6) is 0 Å². The zero-order valence-corrected chi connectivity index (χ0v) is 17.6. The molecule has 0 saturated heterocycles. The summed E-state index contributed by atoms with van der Waals surface area (Å²) in [5, 5.41) is 1.15. The number of hydrogen-bond acceptors (Lipinski definition) is 6. The first kappa shape index (κ1) is 19.1. The molecule has 5 rings (SSSR count). The summed E-state index contributed by atoms with van der Waals surface area (Å²) in [6.45, 7) is 1.37. The molecule has 0 radical (unpaired) electrons. The van der Waals surface area contributed by atoms with Gasteiger partial charge in [-0.05, 0) is 62.2 Å². The van der Waals surface area contributed by atoms with E-state index >= 15 is 0 Å². The van der Waals surface area contributed by atoms with Crippen LogP contribution in [0.2, 0.25) is 0 Å². The fourth-order valence-corrected chi connectivity index (χ4v) is 5.10. The van der Waals surface area contributed by atoms with Gasteiger partial charge in [-0.25, -0.2) is 0 Å². The molecule has 0 bridgehead atoms. The number of anilines is 1. The minimum absolute atomic E-state index is 0.0430. The highest BCUT2D eigenvalue weighted by atomic mass is 32.1. The van der Waals surface area contributed by atoms with Gasteiger partial charge in [-0.1, -0.05) is 12.1 Å². The van der Waals surface area contributed by atoms with Crippen LogP contribution in [0.25, 0.3) is 10.1 Å². The second-order valence-electron chi connectivity index (χ2n) is 7.88. The van der Waals surface area contributed by atoms with E-state index in [2.05, 4.69) is 21.4 Å². The summed E-state index contributed by atoms with van der Waals surface area (Å²) in [7, 11) is 0. The second kappa shape index (κ2) is 8.07. The van der Waals surface area contributed by atoms with Crippen LogP contribution in [0.4, 0.5) is 5.82 Å². The van der Waals surface area contributed by atoms with Gasteiger partial charge in [-0.15, -0.1) is 0 Å². The van der Waals surface area contributed by atoms with Gasteiger partial charge in [0.1, 0.15) is 0 Å². The van der Waals surface area contributed by atoms with Crippen molar-refractivity contribution in [2.75, 3.05) is 18.0 Å². The van der Waals surface area contributed by atoms with Gasteiger partial charge in [0.25, 0.3) is 11.8 Å². The van der Waals surface area contributed by atoms with Crippen LogP contribution in [0.1, 0.15) is 38.5 Å². The molecule has 154 valence electrons. The van der Waals surface area contributed by atoms with Crippen LogP contribution in [0, 0.1) is 0 Å². The first-order valence-electron chi connectivity index (χ1n) is 10.6. The Bertz CT molecular complexity index is 1040. The number of benzene rings is 1. The number of rotatable bonds is 6. The average Bonchev–Trinajstić information content (AvgIpc) is 3.32. The average molecular weight is 421 g/mol. The van der Waals surface area contributed by atoms with Gasteiger partial charge in [0.15, 0.2) is 5.82 Å². The van der Waals surface area contributed by atoms with E-state index in [1.54, 1.807) is 0 Å². The molecule has 3 aliphatic rings. The van der Waals surface area contributed by atoms with Crippen molar-refractivity contribution in [3.8, 4) is 0 Å². The van der Waals surface area contributed by atoms with E-state index < -0.39 is 0 Å². The number of hydrogen-bond donors (Lipinski definition) is 0. The molecule has 6 nitrogen and oxygen atoms in total. The predicted octanol–water partition coefficient (Wildman–Crippen LogP) is 4.38. The lowest BCUT2D eigenvalue weighted by Crippen LogP contribution is -2.33. The molecule has 2 aliphatic heterocycles. The van der Waals surface area contributed by atoms with Gasteiger partial charge < -0.3 is 9.80 Å². The molecule has 1 aromatic carbocycles. The van der Waals surface area contributed by atoms with Crippen LogP contribution in [-0.2, 0) is 9.59 Å². The Labute approximate surface area is 179 Å². The van der Waals surface area contributed by atoms with Gasteiger partial charge in [0.2, 0.25) is 0 Å². The SMILES string of the molecule is O=C1C2=C(CCCC2)C(=O)N1CCCCN1C=CN(c2nsc3ccccc23)C=C1. The first-order valence-corrected chi connectivity index (χ1v) is 11.3. The zero-order chi connectivity index (χ0) is 20.5. The highest BCUT2D eigenvalue weighted by molar-refractivity contribution is 7.13. The third-order valence-electron chi connectivity index (χ3n) is 5.96. The van der Waals surface area contributed by atoms with Gasteiger partial charge in [0.05, 0.1) is 4.70 Å². The minimum Gasteiger partial charge on any atom is -0.351 e. The van der Waals surface area contributed by atoms with Crippen molar-refractivity contribution in [2.24, 2.45) is 0 Å². The van der Waals surface area contributed by atoms with Crippen molar-refractivity contribution < 1.29 is 9.59 Å². The maximum absolute atomic E-state index is 12.5. The fourth-order valence-electron chi connectivity index (χ4n) is 4.33. The maximum Gasteiger partial charge on any atom is 0.257 e. The normalized spacial score (nSPS) is 18.9. The Hall–Kier alpha value is -2.93. The van der Waals surface area contributed by atoms with E-state index in [1.807, 2.05) is 41.8 Å². The maximum atomic E-state index is 12.5. The Morgan fingerprint density at radius 3 is 2.27 bits per heavy atom. The lowest BCUT2D eigenvalue weighted by Gasteiger charge is -2.24. The van der Waals surface area contributed by atoms with Crippen molar-refractivity contribution in [3.05, 3.63) is 60.2 Å². The molecular weight excluding hydrogens is 396 g/mol. The number of imide groups is 1. The standard InChI is InChI=1S/C23H24N4O2S/c28-22-17-7-1-2-8-18(17)23(29)27(22)12-6-5-11-25-13-15-26(16-14-25)21-19-9-3-4-10-20(19)30-24-21/h3-4,9-10,13-16H,1-2,5-8,11-12H2. The van der Waals surface area contributed by atoms with E-state index in [1.165, 1.54) is 21.1 Å². The molecule has 1 aromatic heterocycles. The lowest BCUT2D eigenvalue weighted by atomic mass is 9.93. The molecule has 0 atom stereocenters. The highest BCUT2D eigenvalue weighted by Crippen LogP contribution is 2.33. The van der Waals surface area contributed by atoms with E-state index in [9.17, 15) is 9.59 Å². The largest absolute Gasteiger partial charge is 0.351 e. The number of amides is 2. The van der Waals surface area contributed by atoms with E-state index in [4.69, 9.17) is 0 Å². The third-order valence-corrected chi connectivity index (χ3v) is 6.78. The fraction of sp³-hybridized carbons (Fsp3) is 0.348. The molecule has 0 unspecified atom stereocenters. The van der Waals surface area contributed by atoms with Crippen LogP contribution >= 0.6 is 11.5 Å². The van der Waals surface area contributed by atoms with Crippen molar-refractivity contribution in [2.45, 2.75) is 38.5 Å². The molecule has 1 aliphatic carbocycles. The van der Waals surface area contributed by atoms with Gasteiger partial charge >= 0.3 is 0 Å². The second-order valence-corrected chi connectivity index (χ2v) is 8.68. The first-order chi connectivity index (χ1) is 14.7. The molecule has 0 saturated carbocycles. The van der Waals surface area contributed by atoms with Crippen LogP contribution in [0.3, 0.4) is 0 Å². The van der Waals surface area contributed by atoms with Crippen molar-refractivity contribution in [1.29, 1.82) is 0 Å². The summed E-state index contributed by atoms with van der Waals surface area (Å²) in [6.07, 6.45) is 13.4. The van der Waals surface area contributed by atoms with Crippen LogP contribution in [-0.4, -0.2) is 39.1 Å².